The quantitative estimate of drug-likeness (QED) is 0.908. The fourth-order valence-corrected chi connectivity index (χ4v) is 4.59. The molecule has 0 radical (unpaired) electrons. The van der Waals surface area contributed by atoms with Gasteiger partial charge in [-0.05, 0) is 38.3 Å². The van der Waals surface area contributed by atoms with Gasteiger partial charge >= 0.3 is 0 Å². The van der Waals surface area contributed by atoms with Crippen LogP contribution in [-0.2, 0) is 16.0 Å². The van der Waals surface area contributed by atoms with E-state index in [9.17, 15) is 9.90 Å². The fraction of sp³-hybridized carbons (Fsp3) is 0.600. The van der Waals surface area contributed by atoms with Crippen LogP contribution < -0.4 is 0 Å². The number of amides is 1. The lowest BCUT2D eigenvalue weighted by Gasteiger charge is -2.56. The Kier molecular flexibility index (Phi) is 4.49. The molecule has 1 amide bonds. The second-order valence-electron chi connectivity index (χ2n) is 7.62. The fourth-order valence-electron chi connectivity index (χ4n) is 4.59. The molecule has 1 saturated carbocycles. The zero-order valence-electron chi connectivity index (χ0n) is 15.5. The number of hydrogen-bond acceptors (Lipinski definition) is 4. The van der Waals surface area contributed by atoms with Crippen LogP contribution in [0.3, 0.4) is 0 Å². The van der Waals surface area contributed by atoms with Gasteiger partial charge in [0.15, 0.2) is 0 Å². The van der Waals surface area contributed by atoms with Gasteiger partial charge in [-0.2, -0.15) is 0 Å². The van der Waals surface area contributed by atoms with Crippen LogP contribution in [0.15, 0.2) is 24.5 Å². The Hall–Kier alpha value is -1.92. The van der Waals surface area contributed by atoms with Crippen LogP contribution in [0.25, 0.3) is 5.65 Å². The van der Waals surface area contributed by atoms with Gasteiger partial charge in [0.05, 0.1) is 24.3 Å². The predicted octanol–water partition coefficient (Wildman–Crippen LogP) is 1.96. The minimum absolute atomic E-state index is 0.130. The summed E-state index contributed by atoms with van der Waals surface area (Å²) in [5.74, 6) is 0.130. The standard InChI is InChI=1S/C20H27N3O3/c1-3-26-17-12-16(24)20(17)6-9-22(10-7-20)18(25)11-15-13-21-19-14(2)5-4-8-23(15)19/h4-5,8,13,16-17,24H,3,6-7,9-12H2,1-2H3/t16-,17+/m0/s1. The van der Waals surface area contributed by atoms with E-state index in [1.54, 1.807) is 6.20 Å². The van der Waals surface area contributed by atoms with Crippen LogP contribution in [-0.4, -0.2) is 57.2 Å². The van der Waals surface area contributed by atoms with Gasteiger partial charge in [-0.1, -0.05) is 6.07 Å². The molecular weight excluding hydrogens is 330 g/mol. The molecule has 1 saturated heterocycles. The first-order valence-corrected chi connectivity index (χ1v) is 9.54. The summed E-state index contributed by atoms with van der Waals surface area (Å²) < 4.78 is 7.81. The van der Waals surface area contributed by atoms with Crippen LogP contribution in [0.2, 0.25) is 0 Å². The van der Waals surface area contributed by atoms with E-state index in [1.165, 1.54) is 0 Å². The third-order valence-electron chi connectivity index (χ3n) is 6.30. The molecule has 2 aliphatic rings. The zero-order chi connectivity index (χ0) is 18.3. The molecule has 1 N–H and O–H groups in total. The first kappa shape index (κ1) is 17.5. The van der Waals surface area contributed by atoms with E-state index in [1.807, 2.05) is 41.5 Å². The van der Waals surface area contributed by atoms with Crippen molar-refractivity contribution < 1.29 is 14.6 Å². The van der Waals surface area contributed by atoms with Crippen molar-refractivity contribution in [1.82, 2.24) is 14.3 Å². The third-order valence-corrected chi connectivity index (χ3v) is 6.30. The average molecular weight is 357 g/mol. The molecule has 0 bridgehead atoms. The number of carbonyl (C=O) groups is 1. The van der Waals surface area contributed by atoms with E-state index in [4.69, 9.17) is 4.74 Å². The third kappa shape index (κ3) is 2.72. The van der Waals surface area contributed by atoms with Gasteiger partial charge in [0.25, 0.3) is 0 Å². The number of pyridine rings is 1. The number of fused-ring (bicyclic) bond motifs is 1. The molecule has 140 valence electrons. The Morgan fingerprint density at radius 1 is 1.42 bits per heavy atom. The van der Waals surface area contributed by atoms with E-state index in [0.29, 0.717) is 26.1 Å². The molecular formula is C20H27N3O3. The van der Waals surface area contributed by atoms with Crippen LogP contribution in [0.4, 0.5) is 0 Å². The van der Waals surface area contributed by atoms with Crippen LogP contribution in [0.5, 0.6) is 0 Å². The number of nitrogens with zero attached hydrogens (tertiary/aromatic N) is 3. The number of aryl methyl sites for hydroxylation is 1. The summed E-state index contributed by atoms with van der Waals surface area (Å²) in [4.78, 5) is 19.2. The first-order chi connectivity index (χ1) is 12.5. The molecule has 0 aromatic carbocycles. The maximum absolute atomic E-state index is 12.8. The zero-order valence-corrected chi connectivity index (χ0v) is 15.5. The number of aliphatic hydroxyl groups is 1. The lowest BCUT2D eigenvalue weighted by atomic mass is 9.58. The van der Waals surface area contributed by atoms with Gasteiger partial charge < -0.3 is 19.1 Å². The number of hydrogen-bond donors (Lipinski definition) is 1. The molecule has 1 aliphatic carbocycles. The number of likely N-dealkylation sites (tertiary alicyclic amines) is 1. The maximum atomic E-state index is 12.8. The molecule has 1 spiro atoms. The first-order valence-electron chi connectivity index (χ1n) is 9.54. The summed E-state index contributed by atoms with van der Waals surface area (Å²) in [6.45, 7) is 6.07. The molecule has 4 rings (SSSR count). The van der Waals surface area contributed by atoms with Gasteiger partial charge in [-0.3, -0.25) is 4.79 Å². The van der Waals surface area contributed by atoms with Gasteiger partial charge in [-0.25, -0.2) is 4.98 Å². The molecule has 0 unspecified atom stereocenters. The summed E-state index contributed by atoms with van der Waals surface area (Å²) in [5.41, 5.74) is 2.79. The van der Waals surface area contributed by atoms with Crippen molar-refractivity contribution in [1.29, 1.82) is 0 Å². The van der Waals surface area contributed by atoms with Crippen LogP contribution in [0, 0.1) is 12.3 Å². The molecule has 6 heteroatoms. The van der Waals surface area contributed by atoms with E-state index >= 15 is 0 Å². The topological polar surface area (TPSA) is 67.1 Å². The second-order valence-corrected chi connectivity index (χ2v) is 7.62. The number of ether oxygens (including phenoxy) is 1. The molecule has 2 atom stereocenters. The van der Waals surface area contributed by atoms with E-state index < -0.39 is 0 Å². The van der Waals surface area contributed by atoms with Gasteiger partial charge in [0.1, 0.15) is 5.65 Å². The Labute approximate surface area is 153 Å². The molecule has 2 fully saturated rings. The number of imidazole rings is 1. The Balaban J connectivity index is 1.41. The lowest BCUT2D eigenvalue weighted by Crippen LogP contribution is -2.62. The van der Waals surface area contributed by atoms with Gasteiger partial charge in [0, 0.05) is 43.9 Å². The molecule has 26 heavy (non-hydrogen) atoms. The highest BCUT2D eigenvalue weighted by Crippen LogP contribution is 2.50. The number of rotatable bonds is 4. The summed E-state index contributed by atoms with van der Waals surface area (Å²) in [5, 5.41) is 10.3. The highest BCUT2D eigenvalue weighted by atomic mass is 16.5. The highest BCUT2D eigenvalue weighted by Gasteiger charge is 2.56. The Bertz CT molecular complexity index is 806. The van der Waals surface area contributed by atoms with Crippen molar-refractivity contribution in [2.75, 3.05) is 19.7 Å². The lowest BCUT2D eigenvalue weighted by molar-refractivity contribution is -0.210. The molecule has 2 aromatic rings. The summed E-state index contributed by atoms with van der Waals surface area (Å²) >= 11 is 0. The minimum atomic E-state index is -0.293. The normalized spacial score (nSPS) is 24.8. The average Bonchev–Trinajstić information content (AvgIpc) is 3.06. The van der Waals surface area contributed by atoms with Crippen molar-refractivity contribution >= 4 is 11.6 Å². The van der Waals surface area contributed by atoms with Gasteiger partial charge in [0.2, 0.25) is 5.91 Å². The molecule has 6 nitrogen and oxygen atoms in total. The van der Waals surface area contributed by atoms with E-state index in [-0.39, 0.29) is 23.5 Å². The summed E-state index contributed by atoms with van der Waals surface area (Å²) in [6, 6.07) is 4.01. The van der Waals surface area contributed by atoms with Gasteiger partial charge in [-0.15, -0.1) is 0 Å². The number of aliphatic hydroxyl groups excluding tert-OH is 1. The predicted molar refractivity (Wildman–Crippen MR) is 97.9 cm³/mol. The number of piperidine rings is 1. The summed E-state index contributed by atoms with van der Waals surface area (Å²) in [6.07, 6.45) is 6.32. The van der Waals surface area contributed by atoms with Crippen LogP contribution in [0.1, 0.15) is 37.4 Å². The van der Waals surface area contributed by atoms with Crippen molar-refractivity contribution in [2.24, 2.45) is 5.41 Å². The Morgan fingerprint density at radius 3 is 2.88 bits per heavy atom. The number of aromatic nitrogens is 2. The second kappa shape index (κ2) is 6.67. The maximum Gasteiger partial charge on any atom is 0.228 e. The largest absolute Gasteiger partial charge is 0.392 e. The minimum Gasteiger partial charge on any atom is -0.392 e. The SMILES string of the molecule is CCO[C@@H]1C[C@H](O)C12CCN(C(=O)Cc1cnc3c(C)cccn13)CC2. The van der Waals surface area contributed by atoms with Crippen LogP contribution >= 0.6 is 0 Å². The van der Waals surface area contributed by atoms with E-state index in [2.05, 4.69) is 4.98 Å². The smallest absolute Gasteiger partial charge is 0.228 e. The van der Waals surface area contributed by atoms with E-state index in [0.717, 1.165) is 36.2 Å². The Morgan fingerprint density at radius 2 is 2.19 bits per heavy atom. The summed E-state index contributed by atoms with van der Waals surface area (Å²) in [7, 11) is 0. The molecule has 2 aromatic heterocycles. The van der Waals surface area contributed by atoms with Crippen molar-refractivity contribution in [3.63, 3.8) is 0 Å². The van der Waals surface area contributed by atoms with Crippen molar-refractivity contribution in [2.45, 2.75) is 51.7 Å². The molecule has 1 aliphatic heterocycles. The monoisotopic (exact) mass is 357 g/mol. The number of carbonyl (C=O) groups excluding carboxylic acids is 1. The van der Waals surface area contributed by atoms with Crippen molar-refractivity contribution in [3.05, 3.63) is 35.8 Å². The van der Waals surface area contributed by atoms with Crippen molar-refractivity contribution in [3.8, 4) is 0 Å². The molecule has 3 heterocycles. The highest BCUT2D eigenvalue weighted by molar-refractivity contribution is 5.78.